The lowest BCUT2D eigenvalue weighted by Gasteiger charge is -2.21. The molecule has 420 valence electrons. The van der Waals surface area contributed by atoms with Crippen molar-refractivity contribution in [2.24, 2.45) is 0 Å². The molecule has 0 fully saturated rings. The number of ether oxygens (including phenoxy) is 3. The zero-order valence-corrected chi connectivity index (χ0v) is 47.2. The van der Waals surface area contributed by atoms with Gasteiger partial charge < -0.3 is 24.2 Å². The van der Waals surface area contributed by atoms with Gasteiger partial charge in [-0.3, -0.25) is 23.4 Å². The second-order valence-corrected chi connectivity index (χ2v) is 19.8. The van der Waals surface area contributed by atoms with E-state index in [2.05, 4.69) is 142 Å². The van der Waals surface area contributed by atoms with Gasteiger partial charge >= 0.3 is 25.7 Å². The van der Waals surface area contributed by atoms with Crippen LogP contribution < -0.4 is 0 Å². The van der Waals surface area contributed by atoms with E-state index in [0.29, 0.717) is 19.3 Å². The Bertz CT molecular complexity index is 1700. The fourth-order valence-electron chi connectivity index (χ4n) is 7.14. The van der Waals surface area contributed by atoms with Gasteiger partial charge in [-0.15, -0.1) is 0 Å². The molecule has 3 unspecified atom stereocenters. The third-order valence-corrected chi connectivity index (χ3v) is 12.3. The minimum absolute atomic E-state index is 0.135. The van der Waals surface area contributed by atoms with Crippen LogP contribution in [0.4, 0.5) is 0 Å². The van der Waals surface area contributed by atoms with Gasteiger partial charge in [0.05, 0.1) is 19.8 Å². The first-order valence-corrected chi connectivity index (χ1v) is 29.9. The molecule has 3 atom stereocenters. The molecule has 74 heavy (non-hydrogen) atoms. The topological polar surface area (TPSA) is 155 Å². The van der Waals surface area contributed by atoms with Crippen molar-refractivity contribution in [3.63, 3.8) is 0 Å². The molecule has 0 aromatic carbocycles. The number of carbonyl (C=O) groups is 3. The SMILES string of the molecule is CC/C=C\C/C=C\C/C=C\C/C=C\CCCCCCC(=O)OCC(COP(=O)(O)OCC(CO)OC(=O)CCCCCCC/C=C\C/C=C\C/C=C\CC)OC(=O)CCCCCCC/C=C\C/C=C\C/C=C\CC. The van der Waals surface area contributed by atoms with Gasteiger partial charge in [0.1, 0.15) is 12.7 Å². The maximum atomic E-state index is 12.9. The highest BCUT2D eigenvalue weighted by atomic mass is 31.2. The van der Waals surface area contributed by atoms with Gasteiger partial charge in [-0.05, 0) is 122 Å². The van der Waals surface area contributed by atoms with Crippen LogP contribution in [-0.4, -0.2) is 66.5 Å². The Labute approximate surface area is 449 Å². The van der Waals surface area contributed by atoms with Gasteiger partial charge in [-0.1, -0.05) is 194 Å². The van der Waals surface area contributed by atoms with Gasteiger partial charge in [0.2, 0.25) is 0 Å². The summed E-state index contributed by atoms with van der Waals surface area (Å²) in [5.74, 6) is -1.54. The summed E-state index contributed by atoms with van der Waals surface area (Å²) in [6.45, 7) is 4.22. The maximum Gasteiger partial charge on any atom is 0.472 e. The summed E-state index contributed by atoms with van der Waals surface area (Å²) in [4.78, 5) is 48.5. The predicted molar refractivity (Wildman–Crippen MR) is 306 cm³/mol. The lowest BCUT2D eigenvalue weighted by Crippen LogP contribution is -2.30. The minimum Gasteiger partial charge on any atom is -0.462 e. The highest BCUT2D eigenvalue weighted by Gasteiger charge is 2.28. The first kappa shape index (κ1) is 69.9. The van der Waals surface area contributed by atoms with E-state index in [1.165, 1.54) is 0 Å². The van der Waals surface area contributed by atoms with E-state index in [0.717, 1.165) is 154 Å². The van der Waals surface area contributed by atoms with Crippen molar-refractivity contribution in [2.45, 2.75) is 226 Å². The molecule has 0 amide bonds. The molecule has 0 saturated heterocycles. The number of carbonyl (C=O) groups excluding carboxylic acids is 3. The number of aliphatic hydroxyl groups excluding tert-OH is 1. The Kier molecular flexibility index (Phi) is 52.1. The molecule has 0 rings (SSSR count). The fourth-order valence-corrected chi connectivity index (χ4v) is 7.92. The first-order chi connectivity index (χ1) is 36.2. The van der Waals surface area contributed by atoms with Crippen LogP contribution in [0, 0.1) is 0 Å². The quantitative estimate of drug-likeness (QED) is 0.0197. The van der Waals surface area contributed by atoms with Crippen LogP contribution in [-0.2, 0) is 42.2 Å². The van der Waals surface area contributed by atoms with Crippen molar-refractivity contribution in [1.82, 2.24) is 0 Å². The molecule has 12 heteroatoms. The second kappa shape index (κ2) is 55.1. The molecular formula is C62H101O11P. The molecule has 0 spiro atoms. The van der Waals surface area contributed by atoms with Crippen LogP contribution in [0.15, 0.2) is 122 Å². The van der Waals surface area contributed by atoms with Crippen LogP contribution in [0.2, 0.25) is 0 Å². The lowest BCUT2D eigenvalue weighted by molar-refractivity contribution is -0.161. The van der Waals surface area contributed by atoms with Crippen LogP contribution in [0.5, 0.6) is 0 Å². The standard InChI is InChI=1S/C62H101O11P/c1-4-7-10-13-16-19-22-25-28-29-32-33-36-39-42-45-48-51-60(64)69-55-59(73-62(66)53-50-47-44-41-38-35-31-27-24-21-18-15-12-9-6-3)57-71-74(67,68)70-56-58(54-63)72-61(65)52-49-46-43-40-37-34-30-26-23-20-17-14-11-8-5-2/h7-12,16-21,25-28,30-33,58-59,63H,4-6,13-15,22-24,29,34-57H2,1-3H3,(H,67,68)/b10-7-,11-8-,12-9-,19-16-,20-17-,21-18-,28-25-,30-26-,31-27-,33-32-. The van der Waals surface area contributed by atoms with Gasteiger partial charge in [-0.2, -0.15) is 0 Å². The number of allylic oxidation sites excluding steroid dienone is 20. The molecule has 0 heterocycles. The number of rotatable bonds is 51. The Morgan fingerprint density at radius 1 is 0.378 bits per heavy atom. The Balaban J connectivity index is 4.82. The van der Waals surface area contributed by atoms with E-state index in [-0.39, 0.29) is 25.9 Å². The third-order valence-electron chi connectivity index (χ3n) is 11.4. The summed E-state index contributed by atoms with van der Waals surface area (Å²) < 4.78 is 39.5. The highest BCUT2D eigenvalue weighted by Crippen LogP contribution is 2.43. The average molecular weight is 1050 g/mol. The summed E-state index contributed by atoms with van der Waals surface area (Å²) in [6.07, 6.45) is 67.3. The molecule has 0 radical (unpaired) electrons. The van der Waals surface area contributed by atoms with E-state index in [1.54, 1.807) is 0 Å². The van der Waals surface area contributed by atoms with Crippen molar-refractivity contribution >= 4 is 25.7 Å². The smallest absolute Gasteiger partial charge is 0.462 e. The number of phosphoric ester groups is 1. The monoisotopic (exact) mass is 1050 g/mol. The first-order valence-electron chi connectivity index (χ1n) is 28.4. The van der Waals surface area contributed by atoms with E-state index in [4.69, 9.17) is 23.3 Å². The van der Waals surface area contributed by atoms with E-state index in [1.807, 2.05) is 0 Å². The summed E-state index contributed by atoms with van der Waals surface area (Å²) >= 11 is 0. The number of aliphatic hydroxyl groups is 1. The molecule has 11 nitrogen and oxygen atoms in total. The lowest BCUT2D eigenvalue weighted by atomic mass is 10.1. The Hall–Kier alpha value is -4.12. The maximum absolute atomic E-state index is 12.9. The van der Waals surface area contributed by atoms with Crippen LogP contribution in [0.25, 0.3) is 0 Å². The number of hydrogen-bond donors (Lipinski definition) is 2. The molecule has 0 aliphatic heterocycles. The number of unbranched alkanes of at least 4 members (excludes halogenated alkanes) is 14. The van der Waals surface area contributed by atoms with Crippen molar-refractivity contribution in [1.29, 1.82) is 0 Å². The van der Waals surface area contributed by atoms with Gasteiger partial charge in [0, 0.05) is 19.3 Å². The van der Waals surface area contributed by atoms with Gasteiger partial charge in [0.15, 0.2) is 6.10 Å². The predicted octanol–water partition coefficient (Wildman–Crippen LogP) is 16.8. The number of esters is 3. The van der Waals surface area contributed by atoms with Crippen molar-refractivity contribution in [2.75, 3.05) is 26.4 Å². The van der Waals surface area contributed by atoms with E-state index < -0.39 is 57.8 Å². The molecule has 0 saturated carbocycles. The van der Waals surface area contributed by atoms with E-state index >= 15 is 0 Å². The normalized spacial score (nSPS) is 14.3. The third kappa shape index (κ3) is 52.7. The zero-order chi connectivity index (χ0) is 54.1. The minimum atomic E-state index is -4.77. The molecule has 0 aliphatic rings. The van der Waals surface area contributed by atoms with Crippen molar-refractivity contribution in [3.05, 3.63) is 122 Å². The van der Waals surface area contributed by atoms with E-state index in [9.17, 15) is 28.9 Å². The molecule has 0 aliphatic carbocycles. The van der Waals surface area contributed by atoms with Crippen molar-refractivity contribution < 1.29 is 52.2 Å². The summed E-state index contributed by atoms with van der Waals surface area (Å²) in [6, 6.07) is 0. The summed E-state index contributed by atoms with van der Waals surface area (Å²) in [5.41, 5.74) is 0. The number of phosphoric acid groups is 1. The molecule has 0 bridgehead atoms. The Morgan fingerprint density at radius 3 is 1.01 bits per heavy atom. The molecule has 2 N–H and O–H groups in total. The molecular weight excluding hydrogens is 952 g/mol. The van der Waals surface area contributed by atoms with Gasteiger partial charge in [0.25, 0.3) is 0 Å². The number of hydrogen-bond acceptors (Lipinski definition) is 10. The second-order valence-electron chi connectivity index (χ2n) is 18.3. The summed E-state index contributed by atoms with van der Waals surface area (Å²) in [7, 11) is -4.77. The average Bonchev–Trinajstić information content (AvgIpc) is 3.39. The van der Waals surface area contributed by atoms with Crippen LogP contribution in [0.3, 0.4) is 0 Å². The molecule has 0 aromatic heterocycles. The largest absolute Gasteiger partial charge is 0.472 e. The Morgan fingerprint density at radius 2 is 0.662 bits per heavy atom. The van der Waals surface area contributed by atoms with Crippen LogP contribution in [0.1, 0.15) is 213 Å². The van der Waals surface area contributed by atoms with Crippen molar-refractivity contribution in [3.8, 4) is 0 Å². The zero-order valence-electron chi connectivity index (χ0n) is 46.3. The van der Waals surface area contributed by atoms with Gasteiger partial charge in [-0.25, -0.2) is 4.57 Å². The highest BCUT2D eigenvalue weighted by molar-refractivity contribution is 7.47. The summed E-state index contributed by atoms with van der Waals surface area (Å²) in [5, 5.41) is 9.81. The van der Waals surface area contributed by atoms with Crippen LogP contribution >= 0.6 is 7.82 Å². The molecule has 0 aromatic rings. The fraction of sp³-hybridized carbons (Fsp3) is 0.629.